The smallest absolute Gasteiger partial charge is 0.0428 e. The third kappa shape index (κ3) is 159. The maximum absolute atomic E-state index is 7.88. The van der Waals surface area contributed by atoms with Gasteiger partial charge in [0, 0.05) is 6.61 Å². The van der Waals surface area contributed by atoms with E-state index in [9.17, 15) is 0 Å². The van der Waals surface area contributed by atoms with E-state index in [-0.39, 0.29) is 7.43 Å². The van der Waals surface area contributed by atoms with Crippen molar-refractivity contribution >= 4 is 0 Å². The summed E-state index contributed by atoms with van der Waals surface area (Å²) in [5, 5.41) is 7.88. The van der Waals surface area contributed by atoms with Crippen LogP contribution in [0.5, 0.6) is 0 Å². The van der Waals surface area contributed by atoms with E-state index in [0.29, 0.717) is 6.61 Å². The molecule has 1 nitrogen and oxygen atoms in total. The largest absolute Gasteiger partial charge is 0.396 e. The van der Waals surface area contributed by atoms with E-state index in [1.165, 1.54) is 6.42 Å². The minimum atomic E-state index is 0. The van der Waals surface area contributed by atoms with Crippen molar-refractivity contribution in [3.8, 4) is 0 Å². The molecule has 0 atom stereocenters. The molecule has 0 saturated carbocycles. The van der Waals surface area contributed by atoms with E-state index in [1.807, 2.05) is 6.92 Å². The van der Waals surface area contributed by atoms with E-state index in [4.69, 9.17) is 5.11 Å². The van der Waals surface area contributed by atoms with Gasteiger partial charge in [0.25, 0.3) is 0 Å². The SMILES string of the molecule is C.CCC.CCCO. The fraction of sp³-hybridized carbons (Fsp3) is 1.00. The quantitative estimate of drug-likeness (QED) is 0.563. The molecule has 8 heavy (non-hydrogen) atoms. The van der Waals surface area contributed by atoms with Gasteiger partial charge < -0.3 is 5.11 Å². The second-order valence-corrected chi connectivity index (χ2v) is 1.43. The summed E-state index contributed by atoms with van der Waals surface area (Å²) in [6, 6.07) is 0. The van der Waals surface area contributed by atoms with Crippen LogP contribution in [0.4, 0.5) is 0 Å². The predicted octanol–water partition coefficient (Wildman–Crippen LogP) is 2.44. The van der Waals surface area contributed by atoms with Gasteiger partial charge in [-0.3, -0.25) is 0 Å². The lowest BCUT2D eigenvalue weighted by atomic mass is 10.5. The van der Waals surface area contributed by atoms with E-state index in [2.05, 4.69) is 13.8 Å². The van der Waals surface area contributed by atoms with Crippen molar-refractivity contribution in [3.05, 3.63) is 0 Å². The zero-order chi connectivity index (χ0) is 6.12. The van der Waals surface area contributed by atoms with Gasteiger partial charge in [0.1, 0.15) is 0 Å². The van der Waals surface area contributed by atoms with Gasteiger partial charge in [-0.2, -0.15) is 0 Å². The summed E-state index contributed by atoms with van der Waals surface area (Å²) < 4.78 is 0. The molecule has 0 aliphatic rings. The zero-order valence-electron chi connectivity index (χ0n) is 5.57. The van der Waals surface area contributed by atoms with Gasteiger partial charge in [-0.1, -0.05) is 34.6 Å². The van der Waals surface area contributed by atoms with Crippen molar-refractivity contribution < 1.29 is 5.11 Å². The Balaban J connectivity index is -0.0000000575. The molecule has 0 amide bonds. The van der Waals surface area contributed by atoms with Crippen molar-refractivity contribution in [2.45, 2.75) is 41.0 Å². The van der Waals surface area contributed by atoms with Crippen molar-refractivity contribution in [1.29, 1.82) is 0 Å². The zero-order valence-corrected chi connectivity index (χ0v) is 5.57. The molecular formula is C7H20O. The second kappa shape index (κ2) is 28.2. The molecule has 0 radical (unpaired) electrons. The molecule has 0 aromatic carbocycles. The van der Waals surface area contributed by atoms with Gasteiger partial charge >= 0.3 is 0 Å². The summed E-state index contributed by atoms with van der Waals surface area (Å²) in [5.41, 5.74) is 0. The molecule has 0 unspecified atom stereocenters. The van der Waals surface area contributed by atoms with Gasteiger partial charge in [0.2, 0.25) is 0 Å². The van der Waals surface area contributed by atoms with Gasteiger partial charge in [0.15, 0.2) is 0 Å². The standard InChI is InChI=1S/C3H8O.C3H8.CH4/c1-2-3-4;1-3-2;/h4H,2-3H2,1H3;3H2,1-2H3;1H4. The van der Waals surface area contributed by atoms with Crippen LogP contribution in [-0.4, -0.2) is 11.7 Å². The van der Waals surface area contributed by atoms with Crippen molar-refractivity contribution in [2.24, 2.45) is 0 Å². The minimum Gasteiger partial charge on any atom is -0.396 e. The predicted molar refractivity (Wildman–Crippen MR) is 40.1 cm³/mol. The first kappa shape index (κ1) is 15.7. The third-order valence-electron chi connectivity index (χ3n) is 0.224. The summed E-state index contributed by atoms with van der Waals surface area (Å²) in [7, 11) is 0. The summed E-state index contributed by atoms with van der Waals surface area (Å²) in [6.45, 7) is 6.50. The fourth-order valence-corrected chi connectivity index (χ4v) is 0. The van der Waals surface area contributed by atoms with E-state index < -0.39 is 0 Å². The average molecular weight is 120 g/mol. The van der Waals surface area contributed by atoms with Crippen LogP contribution >= 0.6 is 0 Å². The van der Waals surface area contributed by atoms with E-state index in [1.54, 1.807) is 0 Å². The van der Waals surface area contributed by atoms with Gasteiger partial charge in [-0.25, -0.2) is 0 Å². The number of hydrogen-bond donors (Lipinski definition) is 1. The highest BCUT2D eigenvalue weighted by atomic mass is 16.2. The Morgan fingerprint density at radius 2 is 1.25 bits per heavy atom. The molecular weight excluding hydrogens is 100 g/mol. The molecule has 0 rings (SSSR count). The van der Waals surface area contributed by atoms with Crippen molar-refractivity contribution in [2.75, 3.05) is 6.61 Å². The molecule has 1 heteroatoms. The highest BCUT2D eigenvalue weighted by Crippen LogP contribution is 1.61. The van der Waals surface area contributed by atoms with Crippen LogP contribution in [-0.2, 0) is 0 Å². The summed E-state index contributed by atoms with van der Waals surface area (Å²) >= 11 is 0. The Kier molecular flexibility index (Phi) is 55.3. The lowest BCUT2D eigenvalue weighted by Crippen LogP contribution is -1.69. The Morgan fingerprint density at radius 1 is 1.12 bits per heavy atom. The normalized spacial score (nSPS) is 6.00. The number of aliphatic hydroxyl groups is 1. The summed E-state index contributed by atoms with van der Waals surface area (Å²) in [6.07, 6.45) is 2.12. The van der Waals surface area contributed by atoms with Crippen LogP contribution in [0, 0.1) is 0 Å². The molecule has 0 aromatic heterocycles. The maximum Gasteiger partial charge on any atom is 0.0428 e. The Hall–Kier alpha value is -0.0400. The lowest BCUT2D eigenvalue weighted by molar-refractivity contribution is 0.295. The molecule has 0 aliphatic carbocycles. The molecule has 0 heterocycles. The van der Waals surface area contributed by atoms with Gasteiger partial charge in [-0.05, 0) is 6.42 Å². The molecule has 1 N–H and O–H groups in total. The first-order chi connectivity index (χ1) is 3.33. The molecule has 0 spiro atoms. The van der Waals surface area contributed by atoms with E-state index in [0.717, 1.165) is 6.42 Å². The monoisotopic (exact) mass is 120 g/mol. The number of aliphatic hydroxyl groups excluding tert-OH is 1. The van der Waals surface area contributed by atoms with Gasteiger partial charge in [-0.15, -0.1) is 0 Å². The molecule has 0 bridgehead atoms. The van der Waals surface area contributed by atoms with Crippen LogP contribution in [0.15, 0.2) is 0 Å². The Labute approximate surface area is 53.7 Å². The van der Waals surface area contributed by atoms with Crippen LogP contribution in [0.2, 0.25) is 0 Å². The molecule has 54 valence electrons. The number of hydrogen-bond acceptors (Lipinski definition) is 1. The summed E-state index contributed by atoms with van der Waals surface area (Å²) in [4.78, 5) is 0. The molecule has 0 aliphatic heterocycles. The van der Waals surface area contributed by atoms with Crippen molar-refractivity contribution in [1.82, 2.24) is 0 Å². The maximum atomic E-state index is 7.88. The van der Waals surface area contributed by atoms with Crippen LogP contribution in [0.3, 0.4) is 0 Å². The van der Waals surface area contributed by atoms with Crippen LogP contribution in [0.1, 0.15) is 41.0 Å². The highest BCUT2D eigenvalue weighted by molar-refractivity contribution is 4.10. The topological polar surface area (TPSA) is 20.2 Å². The highest BCUT2D eigenvalue weighted by Gasteiger charge is 1.57. The summed E-state index contributed by atoms with van der Waals surface area (Å²) in [5.74, 6) is 0. The van der Waals surface area contributed by atoms with Crippen LogP contribution in [0.25, 0.3) is 0 Å². The second-order valence-electron chi connectivity index (χ2n) is 1.43. The molecule has 0 fully saturated rings. The fourth-order valence-electron chi connectivity index (χ4n) is 0. The van der Waals surface area contributed by atoms with E-state index >= 15 is 0 Å². The molecule has 0 saturated heterocycles. The number of rotatable bonds is 1. The minimum absolute atomic E-state index is 0. The Bertz CT molecular complexity index is 11.9. The van der Waals surface area contributed by atoms with Gasteiger partial charge in [0.05, 0.1) is 0 Å². The molecule has 0 aromatic rings. The lowest BCUT2D eigenvalue weighted by Gasteiger charge is -1.69. The average Bonchev–Trinajstić information content (AvgIpc) is 1.69. The first-order valence-corrected chi connectivity index (χ1v) is 2.94. The van der Waals surface area contributed by atoms with Crippen LogP contribution < -0.4 is 0 Å². The Morgan fingerprint density at radius 3 is 1.25 bits per heavy atom. The van der Waals surface area contributed by atoms with Crippen molar-refractivity contribution in [3.63, 3.8) is 0 Å². The third-order valence-corrected chi connectivity index (χ3v) is 0.224. The first-order valence-electron chi connectivity index (χ1n) is 2.94.